The Kier molecular flexibility index (Phi) is 3.61. The maximum atomic E-state index is 12.2. The van der Waals surface area contributed by atoms with E-state index in [4.69, 9.17) is 4.74 Å². The summed E-state index contributed by atoms with van der Waals surface area (Å²) in [5, 5.41) is 3.41. The molecule has 4 nitrogen and oxygen atoms in total. The van der Waals surface area contributed by atoms with Gasteiger partial charge in [0.05, 0.1) is 0 Å². The first-order chi connectivity index (χ1) is 7.97. The Morgan fingerprint density at radius 2 is 2.12 bits per heavy atom. The van der Waals surface area contributed by atoms with Crippen LogP contribution in [0.1, 0.15) is 40.0 Å². The molecule has 0 radical (unpaired) electrons. The Balaban J connectivity index is 2.01. The van der Waals surface area contributed by atoms with Gasteiger partial charge in [0.2, 0.25) is 0 Å². The normalized spacial score (nSPS) is 29.7. The molecule has 0 saturated carbocycles. The Bertz CT molecular complexity index is 284. The van der Waals surface area contributed by atoms with E-state index in [2.05, 4.69) is 5.32 Å². The van der Waals surface area contributed by atoms with Crippen LogP contribution in [-0.2, 0) is 4.74 Å². The minimum atomic E-state index is -0.392. The number of hydrogen-bond donors (Lipinski definition) is 1. The van der Waals surface area contributed by atoms with Crippen LogP contribution in [0.5, 0.6) is 0 Å². The van der Waals surface area contributed by atoms with Crippen molar-refractivity contribution in [1.29, 1.82) is 0 Å². The van der Waals surface area contributed by atoms with E-state index in [0.717, 1.165) is 32.5 Å². The number of carbonyl (C=O) groups excluding carboxylic acids is 1. The molecule has 4 heteroatoms. The fraction of sp³-hybridized carbons (Fsp3) is 0.923. The van der Waals surface area contributed by atoms with Gasteiger partial charge in [-0.1, -0.05) is 0 Å². The maximum Gasteiger partial charge on any atom is 0.410 e. The molecule has 1 N–H and O–H groups in total. The molecule has 2 unspecified atom stereocenters. The highest BCUT2D eigenvalue weighted by molar-refractivity contribution is 5.68. The molecule has 0 aromatic rings. The lowest BCUT2D eigenvalue weighted by molar-refractivity contribution is -0.00497. The minimum absolute atomic E-state index is 0.130. The van der Waals surface area contributed by atoms with E-state index in [1.807, 2.05) is 25.7 Å². The smallest absolute Gasteiger partial charge is 0.410 e. The van der Waals surface area contributed by atoms with Crippen molar-refractivity contribution in [3.63, 3.8) is 0 Å². The lowest BCUT2D eigenvalue weighted by atomic mass is 9.85. The summed E-state index contributed by atoms with van der Waals surface area (Å²) in [5.74, 6) is 0.616. The zero-order valence-electron chi connectivity index (χ0n) is 11.2. The standard InChI is InChI=1S/C13H24N2O2/c1-13(2,3)17-12(16)15-8-4-5-10-9-14-7-6-11(10)15/h10-11,14H,4-9H2,1-3H3. The summed E-state index contributed by atoms with van der Waals surface area (Å²) in [6, 6.07) is 0.389. The van der Waals surface area contributed by atoms with E-state index in [9.17, 15) is 4.79 Å². The number of carbonyl (C=O) groups is 1. The molecule has 98 valence electrons. The number of amides is 1. The van der Waals surface area contributed by atoms with Gasteiger partial charge in [0, 0.05) is 12.6 Å². The summed E-state index contributed by atoms with van der Waals surface area (Å²) in [6.07, 6.45) is 3.26. The minimum Gasteiger partial charge on any atom is -0.444 e. The van der Waals surface area contributed by atoms with Gasteiger partial charge in [0.15, 0.2) is 0 Å². The molecule has 2 rings (SSSR count). The van der Waals surface area contributed by atoms with Crippen molar-refractivity contribution in [1.82, 2.24) is 10.2 Å². The Labute approximate surface area is 104 Å². The van der Waals surface area contributed by atoms with Crippen LogP contribution in [0.3, 0.4) is 0 Å². The van der Waals surface area contributed by atoms with Gasteiger partial charge in [0.25, 0.3) is 0 Å². The molecule has 0 aromatic carbocycles. The molecule has 1 amide bonds. The molecule has 0 aliphatic carbocycles. The molecule has 2 atom stereocenters. The van der Waals surface area contributed by atoms with E-state index in [-0.39, 0.29) is 6.09 Å². The summed E-state index contributed by atoms with van der Waals surface area (Å²) in [6.45, 7) is 8.69. The van der Waals surface area contributed by atoms with Crippen molar-refractivity contribution >= 4 is 6.09 Å². The monoisotopic (exact) mass is 240 g/mol. The number of hydrogen-bond acceptors (Lipinski definition) is 3. The van der Waals surface area contributed by atoms with E-state index < -0.39 is 5.60 Å². The summed E-state index contributed by atoms with van der Waals surface area (Å²) >= 11 is 0. The predicted molar refractivity (Wildman–Crippen MR) is 66.9 cm³/mol. The molecule has 17 heavy (non-hydrogen) atoms. The van der Waals surface area contributed by atoms with Crippen LogP contribution < -0.4 is 5.32 Å². The van der Waals surface area contributed by atoms with Gasteiger partial charge in [0.1, 0.15) is 5.60 Å². The number of piperidine rings is 2. The van der Waals surface area contributed by atoms with Crippen LogP contribution >= 0.6 is 0 Å². The highest BCUT2D eigenvalue weighted by atomic mass is 16.6. The lowest BCUT2D eigenvalue weighted by Gasteiger charge is -2.44. The van der Waals surface area contributed by atoms with Crippen LogP contribution in [-0.4, -0.2) is 42.3 Å². The first-order valence-corrected chi connectivity index (χ1v) is 6.68. The van der Waals surface area contributed by atoms with Crippen molar-refractivity contribution in [2.24, 2.45) is 5.92 Å². The number of fused-ring (bicyclic) bond motifs is 1. The van der Waals surface area contributed by atoms with Crippen LogP contribution in [0.4, 0.5) is 4.79 Å². The van der Waals surface area contributed by atoms with Crippen LogP contribution in [0.15, 0.2) is 0 Å². The van der Waals surface area contributed by atoms with Gasteiger partial charge in [-0.15, -0.1) is 0 Å². The van der Waals surface area contributed by atoms with E-state index in [1.165, 1.54) is 6.42 Å². The summed E-state index contributed by atoms with van der Waals surface area (Å²) in [7, 11) is 0. The summed E-state index contributed by atoms with van der Waals surface area (Å²) < 4.78 is 5.49. The van der Waals surface area contributed by atoms with Crippen molar-refractivity contribution < 1.29 is 9.53 Å². The van der Waals surface area contributed by atoms with E-state index in [0.29, 0.717) is 12.0 Å². The summed E-state index contributed by atoms with van der Waals surface area (Å²) in [4.78, 5) is 14.1. The second-order valence-corrected chi connectivity index (χ2v) is 6.14. The van der Waals surface area contributed by atoms with Crippen molar-refractivity contribution in [2.75, 3.05) is 19.6 Å². The molecule has 0 aromatic heterocycles. The SMILES string of the molecule is CC(C)(C)OC(=O)N1CCCC2CNCCC21. The Hall–Kier alpha value is -0.770. The highest BCUT2D eigenvalue weighted by Crippen LogP contribution is 2.28. The number of nitrogens with one attached hydrogen (secondary N) is 1. The molecular formula is C13H24N2O2. The van der Waals surface area contributed by atoms with Gasteiger partial charge in [-0.05, 0) is 59.0 Å². The van der Waals surface area contributed by atoms with Crippen LogP contribution in [0.25, 0.3) is 0 Å². The second kappa shape index (κ2) is 4.84. The van der Waals surface area contributed by atoms with Gasteiger partial charge in [-0.3, -0.25) is 0 Å². The zero-order valence-corrected chi connectivity index (χ0v) is 11.2. The molecule has 0 spiro atoms. The third-order valence-electron chi connectivity index (χ3n) is 3.57. The van der Waals surface area contributed by atoms with Crippen LogP contribution in [0, 0.1) is 5.92 Å². The highest BCUT2D eigenvalue weighted by Gasteiger charge is 2.37. The number of likely N-dealkylation sites (tertiary alicyclic amines) is 1. The van der Waals surface area contributed by atoms with Gasteiger partial charge in [-0.2, -0.15) is 0 Å². The fourth-order valence-corrected chi connectivity index (χ4v) is 2.85. The van der Waals surface area contributed by atoms with Gasteiger partial charge in [-0.25, -0.2) is 4.79 Å². The average Bonchev–Trinajstić information content (AvgIpc) is 2.26. The third-order valence-corrected chi connectivity index (χ3v) is 3.57. The average molecular weight is 240 g/mol. The second-order valence-electron chi connectivity index (χ2n) is 6.14. The number of ether oxygens (including phenoxy) is 1. The van der Waals surface area contributed by atoms with Crippen LogP contribution in [0.2, 0.25) is 0 Å². The largest absolute Gasteiger partial charge is 0.444 e. The Morgan fingerprint density at radius 1 is 1.35 bits per heavy atom. The van der Waals surface area contributed by atoms with Crippen molar-refractivity contribution in [3.8, 4) is 0 Å². The maximum absolute atomic E-state index is 12.2. The predicted octanol–water partition coefficient (Wildman–Crippen LogP) is 2.00. The molecule has 2 aliphatic rings. The van der Waals surface area contributed by atoms with Crippen molar-refractivity contribution in [3.05, 3.63) is 0 Å². The lowest BCUT2D eigenvalue weighted by Crippen LogP contribution is -2.55. The Morgan fingerprint density at radius 3 is 2.82 bits per heavy atom. The zero-order chi connectivity index (χ0) is 12.5. The van der Waals surface area contributed by atoms with Gasteiger partial charge < -0.3 is 15.0 Å². The number of rotatable bonds is 0. The first-order valence-electron chi connectivity index (χ1n) is 6.68. The first kappa shape index (κ1) is 12.7. The molecular weight excluding hydrogens is 216 g/mol. The molecule has 2 fully saturated rings. The fourth-order valence-electron chi connectivity index (χ4n) is 2.85. The summed E-state index contributed by atoms with van der Waals surface area (Å²) in [5.41, 5.74) is -0.392. The molecule has 2 heterocycles. The topological polar surface area (TPSA) is 41.6 Å². The number of nitrogens with zero attached hydrogens (tertiary/aromatic N) is 1. The third kappa shape index (κ3) is 3.12. The van der Waals surface area contributed by atoms with E-state index in [1.54, 1.807) is 0 Å². The molecule has 2 aliphatic heterocycles. The van der Waals surface area contributed by atoms with Crippen molar-refractivity contribution in [2.45, 2.75) is 51.7 Å². The van der Waals surface area contributed by atoms with Gasteiger partial charge >= 0.3 is 6.09 Å². The molecule has 0 bridgehead atoms. The van der Waals surface area contributed by atoms with E-state index >= 15 is 0 Å². The molecule has 2 saturated heterocycles. The quantitative estimate of drug-likeness (QED) is 0.704.